The van der Waals surface area contributed by atoms with E-state index in [1.807, 2.05) is 0 Å². The molecule has 0 aliphatic rings. The second kappa shape index (κ2) is 5.57. The zero-order chi connectivity index (χ0) is 17.3. The van der Waals surface area contributed by atoms with Gasteiger partial charge >= 0.3 is 29.9 Å². The molecular weight excluding hydrogens is 310 g/mol. The van der Waals surface area contributed by atoms with E-state index in [4.69, 9.17) is 0 Å². The van der Waals surface area contributed by atoms with Crippen LogP contribution in [0.25, 0.3) is 0 Å². The van der Waals surface area contributed by atoms with Gasteiger partial charge in [-0.05, 0) is 20.8 Å². The van der Waals surface area contributed by atoms with E-state index < -0.39 is 35.5 Å². The summed E-state index contributed by atoms with van der Waals surface area (Å²) in [5.41, 5.74) is -7.09. The monoisotopic (exact) mass is 322 g/mol. The molecule has 0 saturated carbocycles. The number of carbonyl (C=O) groups excluding carboxylic acids is 2. The first-order valence-corrected chi connectivity index (χ1v) is 5.31. The first-order chi connectivity index (χ1) is 9.08. The van der Waals surface area contributed by atoms with Gasteiger partial charge in [0.2, 0.25) is 0 Å². The zero-order valence-corrected chi connectivity index (χ0v) is 11.2. The van der Waals surface area contributed by atoms with Crippen molar-refractivity contribution in [3.05, 3.63) is 12.7 Å². The summed E-state index contributed by atoms with van der Waals surface area (Å²) in [5.74, 6) is -4.86. The number of hydrogen-bond acceptors (Lipinski definition) is 4. The number of carbonyl (C=O) groups is 2. The minimum atomic E-state index is -6.27. The summed E-state index contributed by atoms with van der Waals surface area (Å²) >= 11 is 0. The van der Waals surface area contributed by atoms with Gasteiger partial charge in [-0.1, -0.05) is 6.58 Å². The molecule has 0 aliphatic carbocycles. The average molecular weight is 322 g/mol. The maximum absolute atomic E-state index is 12.9. The van der Waals surface area contributed by atoms with Crippen molar-refractivity contribution in [1.82, 2.24) is 0 Å². The predicted octanol–water partition coefficient (Wildman–Crippen LogP) is 2.92. The molecule has 0 aliphatic heterocycles. The second-order valence-corrected chi connectivity index (χ2v) is 4.80. The van der Waals surface area contributed by atoms with Crippen LogP contribution in [0.2, 0.25) is 0 Å². The summed E-state index contributed by atoms with van der Waals surface area (Å²) in [5, 5.41) is 0. The lowest BCUT2D eigenvalue weighted by Crippen LogP contribution is -2.66. The average Bonchev–Trinajstić information content (AvgIpc) is 2.18. The Morgan fingerprint density at radius 2 is 1.29 bits per heavy atom. The number of ether oxygens (including phenoxy) is 2. The van der Waals surface area contributed by atoms with Crippen molar-refractivity contribution in [1.29, 1.82) is 0 Å². The van der Waals surface area contributed by atoms with Gasteiger partial charge in [-0.25, -0.2) is 9.59 Å². The largest absolute Gasteiger partial charge is 0.456 e. The van der Waals surface area contributed by atoms with E-state index in [0.717, 1.165) is 20.8 Å². The molecule has 0 unspecified atom stereocenters. The van der Waals surface area contributed by atoms with Gasteiger partial charge in [0.15, 0.2) is 0 Å². The molecule has 4 nitrogen and oxygen atoms in total. The molecule has 0 spiro atoms. The van der Waals surface area contributed by atoms with Crippen molar-refractivity contribution >= 4 is 11.9 Å². The summed E-state index contributed by atoms with van der Waals surface area (Å²) < 4.78 is 84.6. The minimum absolute atomic E-state index is 0.0661. The summed E-state index contributed by atoms with van der Waals surface area (Å²) in [6.45, 7) is 5.84. The van der Waals surface area contributed by atoms with Crippen LogP contribution in [-0.4, -0.2) is 35.5 Å². The van der Waals surface area contributed by atoms with Crippen molar-refractivity contribution < 1.29 is 45.4 Å². The third kappa shape index (κ3) is 4.11. The molecule has 0 heterocycles. The molecule has 0 amide bonds. The molecule has 0 aromatic heterocycles. The molecule has 122 valence electrons. The third-order valence-corrected chi connectivity index (χ3v) is 1.91. The highest BCUT2D eigenvalue weighted by Gasteiger charge is 2.80. The number of esters is 2. The van der Waals surface area contributed by atoms with Crippen molar-refractivity contribution in [3.8, 4) is 0 Å². The summed E-state index contributed by atoms with van der Waals surface area (Å²) in [6.07, 6.45) is -12.5. The van der Waals surface area contributed by atoms with Gasteiger partial charge in [-0.15, -0.1) is 0 Å². The lowest BCUT2D eigenvalue weighted by atomic mass is 10.0. The molecule has 0 aromatic rings. The Labute approximate surface area is 115 Å². The van der Waals surface area contributed by atoms with Gasteiger partial charge in [0.25, 0.3) is 0 Å². The van der Waals surface area contributed by atoms with Gasteiger partial charge in [0.1, 0.15) is 5.60 Å². The highest BCUT2D eigenvalue weighted by atomic mass is 19.4. The molecule has 0 rings (SSSR count). The van der Waals surface area contributed by atoms with E-state index in [9.17, 15) is 35.9 Å². The Kier molecular flexibility index (Phi) is 5.11. The first kappa shape index (κ1) is 19.3. The molecule has 0 fully saturated rings. The fourth-order valence-electron chi connectivity index (χ4n) is 1.09. The predicted molar refractivity (Wildman–Crippen MR) is 57.0 cm³/mol. The lowest BCUT2D eigenvalue weighted by molar-refractivity contribution is -0.359. The highest BCUT2D eigenvalue weighted by molar-refractivity contribution is 5.89. The fourth-order valence-corrected chi connectivity index (χ4v) is 1.09. The van der Waals surface area contributed by atoms with Crippen molar-refractivity contribution in [2.75, 3.05) is 0 Å². The van der Waals surface area contributed by atoms with Crippen LogP contribution < -0.4 is 0 Å². The number of hydrogen-bond donors (Lipinski definition) is 0. The van der Waals surface area contributed by atoms with Gasteiger partial charge in [0.05, 0.1) is 0 Å². The lowest BCUT2D eigenvalue weighted by Gasteiger charge is -2.35. The fraction of sp³-hybridized carbons (Fsp3) is 0.636. The van der Waals surface area contributed by atoms with Gasteiger partial charge in [-0.3, -0.25) is 0 Å². The van der Waals surface area contributed by atoms with Crippen LogP contribution in [0.1, 0.15) is 20.8 Å². The van der Waals surface area contributed by atoms with Crippen LogP contribution in [0.4, 0.5) is 26.3 Å². The standard InChI is InChI=1S/C11H12F6O4/c1-5-6(18)20-9(10(12,13)14,11(15,16)17)7(19)21-8(2,3)4/h5H,1H2,2-4H3. The summed E-state index contributed by atoms with van der Waals surface area (Å²) in [7, 11) is 0. The molecule has 0 bridgehead atoms. The van der Waals surface area contributed by atoms with Crippen LogP contribution in [0, 0.1) is 0 Å². The Balaban J connectivity index is 6.11. The van der Waals surface area contributed by atoms with E-state index in [-0.39, 0.29) is 6.08 Å². The number of halogens is 6. The SMILES string of the molecule is C=CC(=O)OC(C(=O)OC(C)(C)C)(C(F)(F)F)C(F)(F)F. The van der Waals surface area contributed by atoms with Crippen LogP contribution >= 0.6 is 0 Å². The van der Waals surface area contributed by atoms with E-state index in [1.165, 1.54) is 0 Å². The number of rotatable bonds is 3. The Bertz CT molecular complexity index is 415. The topological polar surface area (TPSA) is 52.6 Å². The quantitative estimate of drug-likeness (QED) is 0.455. The first-order valence-electron chi connectivity index (χ1n) is 5.31. The molecule has 0 aromatic carbocycles. The molecule has 0 N–H and O–H groups in total. The molecule has 10 heteroatoms. The third-order valence-electron chi connectivity index (χ3n) is 1.91. The van der Waals surface area contributed by atoms with Crippen LogP contribution in [0.3, 0.4) is 0 Å². The smallest absolute Gasteiger partial charge is 0.449 e. The molecule has 0 atom stereocenters. The minimum Gasteiger partial charge on any atom is -0.456 e. The van der Waals surface area contributed by atoms with Gasteiger partial charge in [0, 0.05) is 6.08 Å². The van der Waals surface area contributed by atoms with Crippen LogP contribution in [-0.2, 0) is 19.1 Å². The van der Waals surface area contributed by atoms with E-state index in [0.29, 0.717) is 0 Å². The van der Waals surface area contributed by atoms with E-state index in [1.54, 1.807) is 0 Å². The molecule has 21 heavy (non-hydrogen) atoms. The van der Waals surface area contributed by atoms with E-state index in [2.05, 4.69) is 16.1 Å². The maximum atomic E-state index is 12.9. The van der Waals surface area contributed by atoms with Crippen molar-refractivity contribution in [3.63, 3.8) is 0 Å². The van der Waals surface area contributed by atoms with E-state index >= 15 is 0 Å². The molecular formula is C11H12F6O4. The van der Waals surface area contributed by atoms with Gasteiger partial charge in [-0.2, -0.15) is 26.3 Å². The van der Waals surface area contributed by atoms with Crippen molar-refractivity contribution in [2.45, 2.75) is 44.3 Å². The van der Waals surface area contributed by atoms with Gasteiger partial charge < -0.3 is 9.47 Å². The number of alkyl halides is 6. The van der Waals surface area contributed by atoms with Crippen LogP contribution in [0.5, 0.6) is 0 Å². The Hall–Kier alpha value is -1.74. The normalized spacial score (nSPS) is 13.6. The molecule has 0 radical (unpaired) electrons. The second-order valence-electron chi connectivity index (χ2n) is 4.80. The highest BCUT2D eigenvalue weighted by Crippen LogP contribution is 2.47. The zero-order valence-electron chi connectivity index (χ0n) is 11.2. The Morgan fingerprint density at radius 3 is 1.52 bits per heavy atom. The summed E-state index contributed by atoms with van der Waals surface area (Å²) in [4.78, 5) is 22.3. The van der Waals surface area contributed by atoms with Crippen molar-refractivity contribution in [2.24, 2.45) is 0 Å². The summed E-state index contributed by atoms with van der Waals surface area (Å²) in [6, 6.07) is 0. The Morgan fingerprint density at radius 1 is 0.905 bits per heavy atom. The van der Waals surface area contributed by atoms with Crippen LogP contribution in [0.15, 0.2) is 12.7 Å². The molecule has 0 saturated heterocycles. The maximum Gasteiger partial charge on any atom is 0.449 e.